The van der Waals surface area contributed by atoms with E-state index in [0.29, 0.717) is 6.04 Å². The molecule has 2 aromatic heterocycles. The predicted octanol–water partition coefficient (Wildman–Crippen LogP) is 3.17. The maximum atomic E-state index is 12.7. The highest BCUT2D eigenvalue weighted by Gasteiger charge is 2.18. The molecular weight excluding hydrogens is 282 g/mol. The van der Waals surface area contributed by atoms with Gasteiger partial charge >= 0.3 is 0 Å². The number of fused-ring (bicyclic) bond motifs is 1. The molecule has 0 bridgehead atoms. The summed E-state index contributed by atoms with van der Waals surface area (Å²) >= 11 is 1.61. The molecule has 2 aromatic rings. The molecule has 4 nitrogen and oxygen atoms in total. The molecule has 3 rings (SSSR count). The van der Waals surface area contributed by atoms with Gasteiger partial charge in [-0.15, -0.1) is 11.3 Å². The van der Waals surface area contributed by atoms with Crippen LogP contribution in [0.5, 0.6) is 0 Å². The minimum atomic E-state index is 0.0996. The minimum Gasteiger partial charge on any atom is -0.312 e. The lowest BCUT2D eigenvalue weighted by atomic mass is 10.2. The number of hydrogen-bond acceptors (Lipinski definition) is 4. The molecule has 0 amide bonds. The fourth-order valence-corrected chi connectivity index (χ4v) is 4.11. The van der Waals surface area contributed by atoms with E-state index in [1.165, 1.54) is 30.6 Å². The van der Waals surface area contributed by atoms with Gasteiger partial charge in [-0.05, 0) is 39.2 Å². The first-order valence-corrected chi connectivity index (χ1v) is 8.60. The third kappa shape index (κ3) is 2.77. The summed E-state index contributed by atoms with van der Waals surface area (Å²) in [5, 5.41) is 4.39. The molecule has 0 radical (unpaired) electrons. The fourth-order valence-electron chi connectivity index (χ4n) is 3.13. The topological polar surface area (TPSA) is 46.9 Å². The van der Waals surface area contributed by atoms with Crippen molar-refractivity contribution in [2.24, 2.45) is 0 Å². The average molecular weight is 305 g/mol. The molecular formula is C16H23N3OS. The first kappa shape index (κ1) is 14.7. The maximum Gasteiger partial charge on any atom is 0.262 e. The van der Waals surface area contributed by atoms with E-state index in [9.17, 15) is 4.79 Å². The Morgan fingerprint density at radius 2 is 2.14 bits per heavy atom. The Morgan fingerprint density at radius 1 is 1.43 bits per heavy atom. The molecule has 0 saturated heterocycles. The van der Waals surface area contributed by atoms with Crippen LogP contribution in [0.4, 0.5) is 0 Å². The number of nitrogens with zero attached hydrogens (tertiary/aromatic N) is 2. The van der Waals surface area contributed by atoms with Crippen LogP contribution in [-0.4, -0.2) is 22.1 Å². The molecule has 21 heavy (non-hydrogen) atoms. The number of aryl methyl sites for hydroxylation is 2. The largest absolute Gasteiger partial charge is 0.312 e. The van der Waals surface area contributed by atoms with Crippen LogP contribution < -0.4 is 10.9 Å². The molecule has 1 fully saturated rings. The highest BCUT2D eigenvalue weighted by atomic mass is 32.1. The van der Waals surface area contributed by atoms with Crippen molar-refractivity contribution in [1.82, 2.24) is 14.9 Å². The van der Waals surface area contributed by atoms with Crippen molar-refractivity contribution in [3.05, 3.63) is 27.1 Å². The molecule has 0 aliphatic heterocycles. The lowest BCUT2D eigenvalue weighted by Crippen LogP contribution is -2.35. The third-order valence-corrected chi connectivity index (χ3v) is 5.76. The summed E-state index contributed by atoms with van der Waals surface area (Å²) in [4.78, 5) is 19.2. The van der Waals surface area contributed by atoms with Gasteiger partial charge in [0.15, 0.2) is 0 Å². The van der Waals surface area contributed by atoms with Gasteiger partial charge in [-0.25, -0.2) is 4.98 Å². The van der Waals surface area contributed by atoms with Gasteiger partial charge in [0.2, 0.25) is 0 Å². The monoisotopic (exact) mass is 305 g/mol. The van der Waals surface area contributed by atoms with Gasteiger partial charge in [0.25, 0.3) is 5.56 Å². The number of thiophene rings is 1. The first-order valence-electron chi connectivity index (χ1n) is 7.78. The molecule has 1 unspecified atom stereocenters. The van der Waals surface area contributed by atoms with Crippen molar-refractivity contribution in [3.8, 4) is 0 Å². The Hall–Kier alpha value is -1.20. The molecule has 2 heterocycles. The smallest absolute Gasteiger partial charge is 0.262 e. The summed E-state index contributed by atoms with van der Waals surface area (Å²) in [6.45, 7) is 6.99. The Bertz CT molecular complexity index is 697. The van der Waals surface area contributed by atoms with E-state index in [4.69, 9.17) is 0 Å². The van der Waals surface area contributed by atoms with Crippen molar-refractivity contribution in [2.75, 3.05) is 6.54 Å². The molecule has 1 saturated carbocycles. The minimum absolute atomic E-state index is 0.0996. The highest BCUT2D eigenvalue weighted by Crippen LogP contribution is 2.26. The SMILES string of the molecule is Cc1sc2ncn(C(C)CNC3CCCC3)c(=O)c2c1C. The molecule has 1 aliphatic rings. The van der Waals surface area contributed by atoms with Crippen molar-refractivity contribution >= 4 is 21.6 Å². The second-order valence-electron chi connectivity index (χ2n) is 6.16. The zero-order chi connectivity index (χ0) is 15.0. The van der Waals surface area contributed by atoms with Crippen molar-refractivity contribution in [2.45, 2.75) is 58.5 Å². The van der Waals surface area contributed by atoms with Crippen molar-refractivity contribution < 1.29 is 0 Å². The molecule has 5 heteroatoms. The zero-order valence-electron chi connectivity index (χ0n) is 13.0. The molecule has 114 valence electrons. The Morgan fingerprint density at radius 3 is 2.86 bits per heavy atom. The Balaban J connectivity index is 1.84. The van der Waals surface area contributed by atoms with Crippen LogP contribution in [0.3, 0.4) is 0 Å². The summed E-state index contributed by atoms with van der Waals surface area (Å²) < 4.78 is 1.78. The number of hydrogen-bond donors (Lipinski definition) is 1. The summed E-state index contributed by atoms with van der Waals surface area (Å²) in [6.07, 6.45) is 6.89. The number of rotatable bonds is 4. The predicted molar refractivity (Wildman–Crippen MR) is 88.3 cm³/mol. The van der Waals surface area contributed by atoms with Gasteiger partial charge in [0, 0.05) is 23.5 Å². The van der Waals surface area contributed by atoms with Crippen LogP contribution in [0, 0.1) is 13.8 Å². The van der Waals surface area contributed by atoms with Crippen molar-refractivity contribution in [1.29, 1.82) is 0 Å². The van der Waals surface area contributed by atoms with Crippen LogP contribution in [-0.2, 0) is 0 Å². The maximum absolute atomic E-state index is 12.7. The van der Waals surface area contributed by atoms with Gasteiger partial charge < -0.3 is 5.32 Å². The normalized spacial score (nSPS) is 17.7. The highest BCUT2D eigenvalue weighted by molar-refractivity contribution is 7.18. The van der Waals surface area contributed by atoms with E-state index >= 15 is 0 Å². The van der Waals surface area contributed by atoms with Gasteiger partial charge in [-0.2, -0.15) is 0 Å². The second kappa shape index (κ2) is 5.89. The average Bonchev–Trinajstić information content (AvgIpc) is 3.06. The van der Waals surface area contributed by atoms with E-state index in [0.717, 1.165) is 22.3 Å². The Kier molecular flexibility index (Phi) is 4.13. The van der Waals surface area contributed by atoms with Crippen LogP contribution in [0.25, 0.3) is 10.2 Å². The Labute approximate surface area is 129 Å². The quantitative estimate of drug-likeness (QED) is 0.944. The van der Waals surface area contributed by atoms with Gasteiger partial charge in [0.1, 0.15) is 4.83 Å². The number of nitrogens with one attached hydrogen (secondary N) is 1. The fraction of sp³-hybridized carbons (Fsp3) is 0.625. The van der Waals surface area contributed by atoms with E-state index < -0.39 is 0 Å². The van der Waals surface area contributed by atoms with Crippen LogP contribution in [0.15, 0.2) is 11.1 Å². The van der Waals surface area contributed by atoms with Crippen molar-refractivity contribution in [3.63, 3.8) is 0 Å². The molecule has 0 aromatic carbocycles. The van der Waals surface area contributed by atoms with Gasteiger partial charge in [0.05, 0.1) is 11.7 Å². The standard InChI is InChI=1S/C16H23N3OS/c1-10(8-17-13-6-4-5-7-13)19-9-18-15-14(16(19)20)11(2)12(3)21-15/h9-10,13,17H,4-8H2,1-3H3. The molecule has 1 N–H and O–H groups in total. The van der Waals surface area contributed by atoms with E-state index in [-0.39, 0.29) is 11.6 Å². The summed E-state index contributed by atoms with van der Waals surface area (Å²) in [6, 6.07) is 0.763. The van der Waals surface area contributed by atoms with E-state index in [2.05, 4.69) is 24.1 Å². The van der Waals surface area contributed by atoms with E-state index in [1.54, 1.807) is 22.2 Å². The van der Waals surface area contributed by atoms with Crippen LogP contribution in [0.2, 0.25) is 0 Å². The lowest BCUT2D eigenvalue weighted by molar-refractivity contribution is 0.431. The third-order valence-electron chi connectivity index (χ3n) is 4.65. The molecule has 1 atom stereocenters. The second-order valence-corrected chi connectivity index (χ2v) is 7.36. The van der Waals surface area contributed by atoms with Gasteiger partial charge in [-0.3, -0.25) is 9.36 Å². The lowest BCUT2D eigenvalue weighted by Gasteiger charge is -2.18. The van der Waals surface area contributed by atoms with E-state index in [1.807, 2.05) is 6.92 Å². The molecule has 0 spiro atoms. The van der Waals surface area contributed by atoms with Crippen LogP contribution >= 0.6 is 11.3 Å². The first-order chi connectivity index (χ1) is 10.1. The van der Waals surface area contributed by atoms with Gasteiger partial charge in [-0.1, -0.05) is 12.8 Å². The summed E-state index contributed by atoms with van der Waals surface area (Å²) in [7, 11) is 0. The zero-order valence-corrected chi connectivity index (χ0v) is 13.8. The van der Waals surface area contributed by atoms with Crippen LogP contribution in [0.1, 0.15) is 49.1 Å². The molecule has 1 aliphatic carbocycles. The number of aromatic nitrogens is 2. The summed E-state index contributed by atoms with van der Waals surface area (Å²) in [5.74, 6) is 0. The summed E-state index contributed by atoms with van der Waals surface area (Å²) in [5.41, 5.74) is 1.18.